The first-order valence-corrected chi connectivity index (χ1v) is 8.30. The normalized spacial score (nSPS) is 23.1. The molecule has 0 bridgehead atoms. The van der Waals surface area contributed by atoms with Crippen LogP contribution in [-0.4, -0.2) is 11.1 Å². The number of nitrogens with two attached hydrogens (primary N) is 1. The summed E-state index contributed by atoms with van der Waals surface area (Å²) in [6, 6.07) is 4.10. The van der Waals surface area contributed by atoms with Crippen molar-refractivity contribution in [2.45, 2.75) is 77.9 Å². The molecule has 118 valence electrons. The van der Waals surface area contributed by atoms with Crippen molar-refractivity contribution < 1.29 is 4.74 Å². The van der Waals surface area contributed by atoms with E-state index in [9.17, 15) is 0 Å². The molecule has 0 aliphatic heterocycles. The van der Waals surface area contributed by atoms with E-state index in [4.69, 9.17) is 15.5 Å². The summed E-state index contributed by atoms with van der Waals surface area (Å²) in [5.41, 5.74) is 8.00. The van der Waals surface area contributed by atoms with Crippen molar-refractivity contribution in [1.82, 2.24) is 4.98 Å². The molecule has 0 amide bonds. The molecule has 0 aromatic carbocycles. The molecule has 2 rings (SSSR count). The van der Waals surface area contributed by atoms with Gasteiger partial charge < -0.3 is 10.5 Å². The summed E-state index contributed by atoms with van der Waals surface area (Å²) in [6.45, 7) is 9.33. The second-order valence-corrected chi connectivity index (χ2v) is 7.33. The van der Waals surface area contributed by atoms with E-state index in [2.05, 4.69) is 33.8 Å². The molecule has 3 heteroatoms. The molecule has 21 heavy (non-hydrogen) atoms. The Morgan fingerprint density at radius 2 is 2.05 bits per heavy atom. The molecule has 1 aliphatic rings. The van der Waals surface area contributed by atoms with E-state index in [1.807, 2.05) is 6.07 Å². The van der Waals surface area contributed by atoms with Gasteiger partial charge in [-0.15, -0.1) is 0 Å². The number of rotatable bonds is 4. The molecule has 0 spiro atoms. The van der Waals surface area contributed by atoms with E-state index in [1.54, 1.807) is 0 Å². The zero-order valence-corrected chi connectivity index (χ0v) is 14.0. The highest BCUT2D eigenvalue weighted by Gasteiger charge is 2.23. The van der Waals surface area contributed by atoms with Crippen molar-refractivity contribution in [3.63, 3.8) is 0 Å². The third kappa shape index (κ3) is 4.44. The number of aromatic nitrogens is 1. The fourth-order valence-corrected chi connectivity index (χ4v) is 3.01. The highest BCUT2D eigenvalue weighted by atomic mass is 16.5. The lowest BCUT2D eigenvalue weighted by molar-refractivity contribution is 0.116. The Labute approximate surface area is 129 Å². The van der Waals surface area contributed by atoms with Gasteiger partial charge in [-0.2, -0.15) is 0 Å². The van der Waals surface area contributed by atoms with Gasteiger partial charge in [-0.05, 0) is 36.8 Å². The van der Waals surface area contributed by atoms with Crippen molar-refractivity contribution in [3.05, 3.63) is 23.4 Å². The average molecular weight is 290 g/mol. The minimum absolute atomic E-state index is 0.0157. The molecular weight excluding hydrogens is 260 g/mol. The zero-order chi connectivity index (χ0) is 15.5. The van der Waals surface area contributed by atoms with Crippen LogP contribution in [0.5, 0.6) is 5.88 Å². The molecule has 1 heterocycles. The smallest absolute Gasteiger partial charge is 0.214 e. The van der Waals surface area contributed by atoms with Gasteiger partial charge in [-0.1, -0.05) is 40.5 Å². The second kappa shape index (κ2) is 6.78. The van der Waals surface area contributed by atoms with Crippen LogP contribution in [-0.2, 0) is 12.0 Å². The molecule has 2 atom stereocenters. The van der Waals surface area contributed by atoms with Crippen LogP contribution in [0.1, 0.15) is 71.1 Å². The molecule has 1 aromatic rings. The number of nitrogens with zero attached hydrogens (tertiary/aromatic N) is 1. The molecule has 2 unspecified atom stereocenters. The zero-order valence-electron chi connectivity index (χ0n) is 14.0. The first kappa shape index (κ1) is 16.3. The van der Waals surface area contributed by atoms with Gasteiger partial charge in [-0.25, -0.2) is 4.98 Å². The van der Waals surface area contributed by atoms with E-state index >= 15 is 0 Å². The second-order valence-electron chi connectivity index (χ2n) is 7.33. The SMILES string of the molecule is CCC1CCCC(Oc2cc(CN)cc(C(C)(C)C)n2)C1. The summed E-state index contributed by atoms with van der Waals surface area (Å²) in [5, 5.41) is 0. The van der Waals surface area contributed by atoms with Crippen LogP contribution in [0.4, 0.5) is 0 Å². The van der Waals surface area contributed by atoms with E-state index < -0.39 is 0 Å². The Bertz CT molecular complexity index is 465. The maximum atomic E-state index is 6.20. The molecule has 1 aliphatic carbocycles. The third-order valence-electron chi connectivity index (χ3n) is 4.47. The Morgan fingerprint density at radius 1 is 1.29 bits per heavy atom. The fourth-order valence-electron chi connectivity index (χ4n) is 3.01. The molecule has 1 saturated carbocycles. The molecule has 1 fully saturated rings. The molecule has 0 saturated heterocycles. The summed E-state index contributed by atoms with van der Waals surface area (Å²) in [6.07, 6.45) is 6.50. The Kier molecular flexibility index (Phi) is 5.26. The Hall–Kier alpha value is -1.09. The van der Waals surface area contributed by atoms with Gasteiger partial charge >= 0.3 is 0 Å². The van der Waals surface area contributed by atoms with Gasteiger partial charge in [0.15, 0.2) is 0 Å². The molecular formula is C18H30N2O. The number of hydrogen-bond acceptors (Lipinski definition) is 3. The van der Waals surface area contributed by atoms with Crippen molar-refractivity contribution in [1.29, 1.82) is 0 Å². The van der Waals surface area contributed by atoms with Gasteiger partial charge in [0, 0.05) is 18.0 Å². The van der Waals surface area contributed by atoms with E-state index in [-0.39, 0.29) is 5.41 Å². The van der Waals surface area contributed by atoms with Crippen LogP contribution in [0.2, 0.25) is 0 Å². The van der Waals surface area contributed by atoms with Gasteiger partial charge in [0.1, 0.15) is 6.10 Å². The van der Waals surface area contributed by atoms with Gasteiger partial charge in [0.25, 0.3) is 0 Å². The number of pyridine rings is 1. The first-order chi connectivity index (χ1) is 9.92. The van der Waals surface area contributed by atoms with Crippen LogP contribution in [0.25, 0.3) is 0 Å². The van der Waals surface area contributed by atoms with Crippen LogP contribution < -0.4 is 10.5 Å². The third-order valence-corrected chi connectivity index (χ3v) is 4.47. The van der Waals surface area contributed by atoms with Crippen LogP contribution >= 0.6 is 0 Å². The molecule has 3 nitrogen and oxygen atoms in total. The van der Waals surface area contributed by atoms with Crippen LogP contribution in [0.3, 0.4) is 0 Å². The predicted octanol–water partition coefficient (Wildman–Crippen LogP) is 4.19. The topological polar surface area (TPSA) is 48.1 Å². The van der Waals surface area contributed by atoms with E-state index in [0.29, 0.717) is 12.6 Å². The summed E-state index contributed by atoms with van der Waals surface area (Å²) >= 11 is 0. The predicted molar refractivity (Wildman–Crippen MR) is 87.5 cm³/mol. The molecule has 2 N–H and O–H groups in total. The van der Waals surface area contributed by atoms with Crippen LogP contribution in [0.15, 0.2) is 12.1 Å². The molecule has 0 radical (unpaired) electrons. The Morgan fingerprint density at radius 3 is 2.67 bits per heavy atom. The van der Waals surface area contributed by atoms with Gasteiger partial charge in [0.05, 0.1) is 5.69 Å². The highest BCUT2D eigenvalue weighted by molar-refractivity contribution is 5.28. The lowest BCUT2D eigenvalue weighted by Crippen LogP contribution is -2.26. The highest BCUT2D eigenvalue weighted by Crippen LogP contribution is 2.30. The van der Waals surface area contributed by atoms with Crippen molar-refractivity contribution in [2.75, 3.05) is 0 Å². The standard InChI is InChI=1S/C18H30N2O/c1-5-13-7-6-8-15(9-13)21-17-11-14(12-19)10-16(20-17)18(2,3)4/h10-11,13,15H,5-9,12,19H2,1-4H3. The maximum absolute atomic E-state index is 6.20. The van der Waals surface area contributed by atoms with Crippen molar-refractivity contribution >= 4 is 0 Å². The largest absolute Gasteiger partial charge is 0.474 e. The summed E-state index contributed by atoms with van der Waals surface area (Å²) < 4.78 is 6.20. The summed E-state index contributed by atoms with van der Waals surface area (Å²) in [4.78, 5) is 4.72. The van der Waals surface area contributed by atoms with Crippen molar-refractivity contribution in [3.8, 4) is 5.88 Å². The van der Waals surface area contributed by atoms with E-state index in [1.165, 1.54) is 19.3 Å². The summed E-state index contributed by atoms with van der Waals surface area (Å²) in [7, 11) is 0. The monoisotopic (exact) mass is 290 g/mol. The Balaban J connectivity index is 2.15. The fraction of sp³-hybridized carbons (Fsp3) is 0.722. The first-order valence-electron chi connectivity index (χ1n) is 8.30. The quantitative estimate of drug-likeness (QED) is 0.904. The lowest BCUT2D eigenvalue weighted by atomic mass is 9.85. The van der Waals surface area contributed by atoms with Crippen molar-refractivity contribution in [2.24, 2.45) is 11.7 Å². The number of hydrogen-bond donors (Lipinski definition) is 1. The van der Waals surface area contributed by atoms with Gasteiger partial charge in [-0.3, -0.25) is 0 Å². The maximum Gasteiger partial charge on any atom is 0.214 e. The minimum atomic E-state index is 0.0157. The summed E-state index contributed by atoms with van der Waals surface area (Å²) in [5.74, 6) is 1.56. The lowest BCUT2D eigenvalue weighted by Gasteiger charge is -2.29. The minimum Gasteiger partial charge on any atom is -0.474 e. The van der Waals surface area contributed by atoms with E-state index in [0.717, 1.165) is 35.9 Å². The molecule has 1 aromatic heterocycles. The van der Waals surface area contributed by atoms with Gasteiger partial charge in [0.2, 0.25) is 5.88 Å². The average Bonchev–Trinajstić information content (AvgIpc) is 2.46. The number of ether oxygens (including phenoxy) is 1. The van der Waals surface area contributed by atoms with Crippen LogP contribution in [0, 0.1) is 5.92 Å².